The highest BCUT2D eigenvalue weighted by Crippen LogP contribution is 2.47. The summed E-state index contributed by atoms with van der Waals surface area (Å²) in [6.45, 7) is 0. The van der Waals surface area contributed by atoms with E-state index in [9.17, 15) is 0 Å². The van der Waals surface area contributed by atoms with Gasteiger partial charge in [-0.15, -0.1) is 0 Å². The van der Waals surface area contributed by atoms with Crippen molar-refractivity contribution in [3.05, 3.63) is 243 Å². The van der Waals surface area contributed by atoms with Gasteiger partial charge in [0.15, 0.2) is 0 Å². The fraction of sp³-hybridized carbons (Fsp3) is 0. The Morgan fingerprint density at radius 3 is 1.54 bits per heavy atom. The lowest BCUT2D eigenvalue weighted by Gasteiger charge is -2.29. The first-order valence-electron chi connectivity index (χ1n) is 21.5. The van der Waals surface area contributed by atoms with Crippen LogP contribution in [-0.2, 0) is 0 Å². The number of furan rings is 1. The minimum Gasteiger partial charge on any atom is -0.456 e. The van der Waals surface area contributed by atoms with Crippen LogP contribution in [0, 0.1) is 0 Å². The fourth-order valence-electron chi connectivity index (χ4n) is 9.53. The molecule has 0 saturated carbocycles. The molecule has 0 saturated heterocycles. The van der Waals surface area contributed by atoms with Gasteiger partial charge in [-0.3, -0.25) is 0 Å². The first kappa shape index (κ1) is 36.5. The van der Waals surface area contributed by atoms with Gasteiger partial charge in [0, 0.05) is 50.2 Å². The number of fused-ring (bicyclic) bond motifs is 6. The van der Waals surface area contributed by atoms with Crippen molar-refractivity contribution >= 4 is 60.8 Å². The standard InChI is InChI=1S/C60H40N2O/c1-3-17-41(18-4-1)43-31-37-49(55(39-43)42-19-5-2-6-20-42)47-21-7-8-22-48(47)50-23-9-13-27-56(50)61(46-36-38-54-53-26-12-16-30-59(53)63-60(54)40-46)44-32-34-45(35-33-44)62-57-28-14-10-24-51(57)52-25-11-15-29-58(52)62/h1-40H. The molecule has 0 aliphatic carbocycles. The number of aromatic nitrogens is 1. The number of benzene rings is 10. The largest absolute Gasteiger partial charge is 0.456 e. The van der Waals surface area contributed by atoms with Gasteiger partial charge < -0.3 is 13.9 Å². The number of para-hydroxylation sites is 4. The average molecular weight is 805 g/mol. The lowest BCUT2D eigenvalue weighted by atomic mass is 9.87. The van der Waals surface area contributed by atoms with Gasteiger partial charge in [-0.2, -0.15) is 0 Å². The predicted octanol–water partition coefficient (Wildman–Crippen LogP) is 16.8. The molecule has 2 heterocycles. The second-order valence-electron chi connectivity index (χ2n) is 16.1. The molecule has 0 amide bonds. The smallest absolute Gasteiger partial charge is 0.137 e. The van der Waals surface area contributed by atoms with E-state index in [-0.39, 0.29) is 0 Å². The molecule has 0 aliphatic rings. The number of hydrogen-bond acceptors (Lipinski definition) is 2. The molecule has 0 bridgehead atoms. The zero-order chi connectivity index (χ0) is 41.7. The topological polar surface area (TPSA) is 21.3 Å². The Morgan fingerprint density at radius 1 is 0.302 bits per heavy atom. The third kappa shape index (κ3) is 6.29. The number of hydrogen-bond donors (Lipinski definition) is 0. The second kappa shape index (κ2) is 15.3. The van der Waals surface area contributed by atoms with Crippen LogP contribution in [0.2, 0.25) is 0 Å². The third-order valence-electron chi connectivity index (χ3n) is 12.4. The summed E-state index contributed by atoms with van der Waals surface area (Å²) >= 11 is 0. The maximum Gasteiger partial charge on any atom is 0.137 e. The Kier molecular flexibility index (Phi) is 8.83. The predicted molar refractivity (Wildman–Crippen MR) is 264 cm³/mol. The molecule has 12 aromatic rings. The molecule has 0 spiro atoms. The van der Waals surface area contributed by atoms with Crippen molar-refractivity contribution in [2.45, 2.75) is 0 Å². The molecule has 12 rings (SSSR count). The molecule has 2 aromatic heterocycles. The van der Waals surface area contributed by atoms with Crippen LogP contribution in [0.5, 0.6) is 0 Å². The van der Waals surface area contributed by atoms with Crippen LogP contribution in [0.4, 0.5) is 17.1 Å². The van der Waals surface area contributed by atoms with E-state index >= 15 is 0 Å². The van der Waals surface area contributed by atoms with Gasteiger partial charge in [-0.25, -0.2) is 0 Å². The normalized spacial score (nSPS) is 11.5. The highest BCUT2D eigenvalue weighted by molar-refractivity contribution is 6.10. The van der Waals surface area contributed by atoms with E-state index in [1.807, 2.05) is 12.1 Å². The van der Waals surface area contributed by atoms with Gasteiger partial charge in [0.25, 0.3) is 0 Å². The lowest BCUT2D eigenvalue weighted by Crippen LogP contribution is -2.11. The van der Waals surface area contributed by atoms with Gasteiger partial charge in [0.2, 0.25) is 0 Å². The van der Waals surface area contributed by atoms with Crippen molar-refractivity contribution in [3.63, 3.8) is 0 Å². The Labute approximate surface area is 366 Å². The van der Waals surface area contributed by atoms with Crippen molar-refractivity contribution in [3.8, 4) is 50.2 Å². The van der Waals surface area contributed by atoms with Crippen molar-refractivity contribution in [1.29, 1.82) is 0 Å². The molecule has 0 unspecified atom stereocenters. The molecule has 0 N–H and O–H groups in total. The summed E-state index contributed by atoms with van der Waals surface area (Å²) in [5.41, 5.74) is 17.7. The molecular formula is C60H40N2O. The Morgan fingerprint density at radius 2 is 0.825 bits per heavy atom. The summed E-state index contributed by atoms with van der Waals surface area (Å²) in [7, 11) is 0. The summed E-state index contributed by atoms with van der Waals surface area (Å²) < 4.78 is 8.90. The summed E-state index contributed by atoms with van der Waals surface area (Å²) in [4.78, 5) is 2.38. The zero-order valence-electron chi connectivity index (χ0n) is 34.4. The van der Waals surface area contributed by atoms with E-state index in [0.717, 1.165) is 61.4 Å². The summed E-state index contributed by atoms with van der Waals surface area (Å²) in [6.07, 6.45) is 0. The van der Waals surface area contributed by atoms with Crippen LogP contribution in [0.1, 0.15) is 0 Å². The van der Waals surface area contributed by atoms with Crippen LogP contribution in [0.25, 0.3) is 93.9 Å². The maximum atomic E-state index is 6.52. The minimum atomic E-state index is 0.851. The van der Waals surface area contributed by atoms with Gasteiger partial charge in [-0.05, 0) is 106 Å². The second-order valence-corrected chi connectivity index (χ2v) is 16.1. The van der Waals surface area contributed by atoms with Crippen molar-refractivity contribution in [2.75, 3.05) is 4.90 Å². The summed E-state index contributed by atoms with van der Waals surface area (Å²) in [5, 5.41) is 4.70. The van der Waals surface area contributed by atoms with Crippen LogP contribution in [0.3, 0.4) is 0 Å². The fourth-order valence-corrected chi connectivity index (χ4v) is 9.53. The molecule has 3 heteroatoms. The number of anilines is 3. The molecular weight excluding hydrogens is 765 g/mol. The van der Waals surface area contributed by atoms with Gasteiger partial charge in [0.05, 0.1) is 16.7 Å². The van der Waals surface area contributed by atoms with Gasteiger partial charge >= 0.3 is 0 Å². The van der Waals surface area contributed by atoms with E-state index in [2.05, 4.69) is 240 Å². The van der Waals surface area contributed by atoms with Crippen LogP contribution < -0.4 is 4.90 Å². The van der Waals surface area contributed by atoms with E-state index in [0.29, 0.717) is 0 Å². The van der Waals surface area contributed by atoms with Crippen LogP contribution in [0.15, 0.2) is 247 Å². The molecule has 10 aromatic carbocycles. The van der Waals surface area contributed by atoms with Crippen LogP contribution in [-0.4, -0.2) is 4.57 Å². The summed E-state index contributed by atoms with van der Waals surface area (Å²) in [5.74, 6) is 0. The maximum absolute atomic E-state index is 6.52. The Hall–Kier alpha value is -8.40. The van der Waals surface area contributed by atoms with Gasteiger partial charge in [0.1, 0.15) is 11.2 Å². The molecule has 0 fully saturated rings. The van der Waals surface area contributed by atoms with Crippen molar-refractivity contribution in [2.24, 2.45) is 0 Å². The number of nitrogens with zero attached hydrogens (tertiary/aromatic N) is 2. The van der Waals surface area contributed by atoms with E-state index in [1.54, 1.807) is 0 Å². The first-order chi connectivity index (χ1) is 31.3. The van der Waals surface area contributed by atoms with Crippen LogP contribution >= 0.6 is 0 Å². The third-order valence-corrected chi connectivity index (χ3v) is 12.4. The molecule has 3 nitrogen and oxygen atoms in total. The highest BCUT2D eigenvalue weighted by atomic mass is 16.3. The highest BCUT2D eigenvalue weighted by Gasteiger charge is 2.22. The first-order valence-corrected chi connectivity index (χ1v) is 21.5. The SMILES string of the molecule is c1ccc(-c2ccc(-c3ccccc3-c3ccccc3N(c3ccc(-n4c5ccccc5c5ccccc54)cc3)c3ccc4c(c3)oc3ccccc34)c(-c3ccccc3)c2)cc1. The van der Waals surface area contributed by atoms with Gasteiger partial charge in [-0.1, -0.05) is 170 Å². The van der Waals surface area contributed by atoms with Crippen molar-refractivity contribution < 1.29 is 4.42 Å². The minimum absolute atomic E-state index is 0.851. The Bertz CT molecular complexity index is 3570. The number of rotatable bonds is 8. The molecule has 296 valence electrons. The molecule has 0 atom stereocenters. The van der Waals surface area contributed by atoms with E-state index in [1.165, 1.54) is 49.6 Å². The van der Waals surface area contributed by atoms with E-state index < -0.39 is 0 Å². The summed E-state index contributed by atoms with van der Waals surface area (Å²) in [6, 6.07) is 87.2. The molecule has 0 radical (unpaired) electrons. The average Bonchev–Trinajstić information content (AvgIpc) is 3.90. The monoisotopic (exact) mass is 804 g/mol. The van der Waals surface area contributed by atoms with E-state index in [4.69, 9.17) is 4.42 Å². The quantitative estimate of drug-likeness (QED) is 0.153. The lowest BCUT2D eigenvalue weighted by molar-refractivity contribution is 0.669. The molecule has 63 heavy (non-hydrogen) atoms. The Balaban J connectivity index is 1.05. The molecule has 0 aliphatic heterocycles. The zero-order valence-corrected chi connectivity index (χ0v) is 34.4. The van der Waals surface area contributed by atoms with Crippen molar-refractivity contribution in [1.82, 2.24) is 4.57 Å².